The van der Waals surface area contributed by atoms with Gasteiger partial charge in [0.1, 0.15) is 5.69 Å². The molecule has 0 spiro atoms. The third kappa shape index (κ3) is 1.63. The highest BCUT2D eigenvalue weighted by Crippen LogP contribution is 2.39. The second-order valence-electron chi connectivity index (χ2n) is 3.24. The van der Waals surface area contributed by atoms with Crippen molar-refractivity contribution in [3.05, 3.63) is 17.5 Å². The van der Waals surface area contributed by atoms with Crippen LogP contribution in [-0.4, -0.2) is 21.8 Å². The molecule has 13 heavy (non-hydrogen) atoms. The van der Waals surface area contributed by atoms with Crippen molar-refractivity contribution in [2.45, 2.75) is 18.1 Å². The lowest BCUT2D eigenvalue weighted by molar-refractivity contribution is 0.111. The highest BCUT2D eigenvalue weighted by molar-refractivity contribution is 7.99. The van der Waals surface area contributed by atoms with Gasteiger partial charge in [-0.05, 0) is 24.7 Å². The molecule has 1 aliphatic rings. The van der Waals surface area contributed by atoms with E-state index in [0.717, 1.165) is 12.0 Å². The molecule has 4 heteroatoms. The van der Waals surface area contributed by atoms with E-state index in [0.29, 0.717) is 10.9 Å². The molecular formula is C9H12N2OS. The fourth-order valence-corrected chi connectivity index (χ4v) is 2.82. The van der Waals surface area contributed by atoms with E-state index in [-0.39, 0.29) is 0 Å². The maximum atomic E-state index is 10.6. The van der Waals surface area contributed by atoms with Crippen LogP contribution in [0.2, 0.25) is 0 Å². The molecule has 1 aliphatic heterocycles. The smallest absolute Gasteiger partial charge is 0.168 e. The molecule has 0 amide bonds. The van der Waals surface area contributed by atoms with Gasteiger partial charge >= 0.3 is 0 Å². The minimum atomic E-state index is 0.514. The summed E-state index contributed by atoms with van der Waals surface area (Å²) in [6.45, 7) is 0. The number of thioether (sulfide) groups is 1. The number of hydrogen-bond donors (Lipinski definition) is 0. The number of aldehydes is 1. The number of aromatic nitrogens is 2. The van der Waals surface area contributed by atoms with E-state index in [9.17, 15) is 4.79 Å². The molecule has 3 nitrogen and oxygen atoms in total. The van der Waals surface area contributed by atoms with Crippen molar-refractivity contribution in [2.24, 2.45) is 7.05 Å². The largest absolute Gasteiger partial charge is 0.296 e. The first-order valence-electron chi connectivity index (χ1n) is 4.42. The third-order valence-electron chi connectivity index (χ3n) is 2.32. The lowest BCUT2D eigenvalue weighted by atomic mass is 10.2. The summed E-state index contributed by atoms with van der Waals surface area (Å²) in [6.07, 6.45) is 3.32. The van der Waals surface area contributed by atoms with Crippen LogP contribution in [-0.2, 0) is 7.05 Å². The molecule has 70 valence electrons. The maximum absolute atomic E-state index is 10.6. The average molecular weight is 196 g/mol. The molecule has 0 aromatic carbocycles. The van der Waals surface area contributed by atoms with Crippen molar-refractivity contribution < 1.29 is 4.79 Å². The highest BCUT2D eigenvalue weighted by atomic mass is 32.2. The maximum Gasteiger partial charge on any atom is 0.168 e. The van der Waals surface area contributed by atoms with E-state index in [1.807, 2.05) is 24.9 Å². The third-order valence-corrected chi connectivity index (χ3v) is 3.72. The SMILES string of the molecule is Cn1nc(C2CCCS2)cc1C=O. The molecule has 2 rings (SSSR count). The van der Waals surface area contributed by atoms with Crippen molar-refractivity contribution in [2.75, 3.05) is 5.75 Å². The Kier molecular flexibility index (Phi) is 2.40. The zero-order valence-electron chi connectivity index (χ0n) is 7.56. The quantitative estimate of drug-likeness (QED) is 0.676. The molecule has 0 N–H and O–H groups in total. The summed E-state index contributed by atoms with van der Waals surface area (Å²) < 4.78 is 1.65. The van der Waals surface area contributed by atoms with E-state index in [2.05, 4.69) is 5.10 Å². The summed E-state index contributed by atoms with van der Waals surface area (Å²) in [5, 5.41) is 4.84. The topological polar surface area (TPSA) is 34.9 Å². The Bertz CT molecular complexity index is 315. The minimum absolute atomic E-state index is 0.514. The molecule has 1 unspecified atom stereocenters. The first-order chi connectivity index (χ1) is 6.31. The predicted octanol–water partition coefficient (Wildman–Crippen LogP) is 1.80. The van der Waals surface area contributed by atoms with Gasteiger partial charge in [-0.1, -0.05) is 0 Å². The van der Waals surface area contributed by atoms with Gasteiger partial charge in [0.15, 0.2) is 6.29 Å². The molecule has 2 heterocycles. The van der Waals surface area contributed by atoms with Crippen LogP contribution < -0.4 is 0 Å². The molecule has 1 aromatic heterocycles. The Morgan fingerprint density at radius 1 is 1.77 bits per heavy atom. The average Bonchev–Trinajstić information content (AvgIpc) is 2.71. The zero-order chi connectivity index (χ0) is 9.26. The fraction of sp³-hybridized carbons (Fsp3) is 0.556. The number of aryl methyl sites for hydroxylation is 1. The van der Waals surface area contributed by atoms with Crippen molar-refractivity contribution in [3.8, 4) is 0 Å². The molecule has 1 saturated heterocycles. The van der Waals surface area contributed by atoms with Crippen LogP contribution in [0.4, 0.5) is 0 Å². The lowest BCUT2D eigenvalue weighted by Gasteiger charge is -2.01. The monoisotopic (exact) mass is 196 g/mol. The normalized spacial score (nSPS) is 22.1. The van der Waals surface area contributed by atoms with Gasteiger partial charge in [-0.15, -0.1) is 0 Å². The summed E-state index contributed by atoms with van der Waals surface area (Å²) in [5.41, 5.74) is 1.73. The van der Waals surface area contributed by atoms with Gasteiger partial charge < -0.3 is 0 Å². The number of rotatable bonds is 2. The van der Waals surface area contributed by atoms with Crippen LogP contribution in [0.15, 0.2) is 6.07 Å². The molecule has 0 radical (unpaired) electrons. The Morgan fingerprint density at radius 2 is 2.62 bits per heavy atom. The van der Waals surface area contributed by atoms with Gasteiger partial charge in [-0.2, -0.15) is 16.9 Å². The lowest BCUT2D eigenvalue weighted by Crippen LogP contribution is -1.97. The first-order valence-corrected chi connectivity index (χ1v) is 5.47. The van der Waals surface area contributed by atoms with E-state index < -0.39 is 0 Å². The van der Waals surface area contributed by atoms with Crippen LogP contribution in [0.3, 0.4) is 0 Å². The Labute approximate surface area is 81.5 Å². The molecule has 0 aliphatic carbocycles. The summed E-state index contributed by atoms with van der Waals surface area (Å²) in [7, 11) is 1.81. The van der Waals surface area contributed by atoms with Gasteiger partial charge in [-0.3, -0.25) is 9.48 Å². The molecule has 0 bridgehead atoms. The van der Waals surface area contributed by atoms with Gasteiger partial charge in [0.05, 0.1) is 5.69 Å². The van der Waals surface area contributed by atoms with E-state index in [4.69, 9.17) is 0 Å². The Hall–Kier alpha value is -0.770. The molecule has 1 aromatic rings. The van der Waals surface area contributed by atoms with Crippen LogP contribution in [0, 0.1) is 0 Å². The predicted molar refractivity (Wildman–Crippen MR) is 53.0 cm³/mol. The standard InChI is InChI=1S/C9H12N2OS/c1-11-7(6-12)5-8(10-11)9-3-2-4-13-9/h5-6,9H,2-4H2,1H3. The summed E-state index contributed by atoms with van der Waals surface area (Å²) >= 11 is 1.94. The summed E-state index contributed by atoms with van der Waals surface area (Å²) in [4.78, 5) is 10.6. The van der Waals surface area contributed by atoms with Crippen LogP contribution in [0.5, 0.6) is 0 Å². The number of hydrogen-bond acceptors (Lipinski definition) is 3. The van der Waals surface area contributed by atoms with E-state index in [1.165, 1.54) is 18.6 Å². The van der Waals surface area contributed by atoms with Crippen molar-refractivity contribution in [3.63, 3.8) is 0 Å². The first kappa shape index (κ1) is 8.81. The second kappa shape index (κ2) is 3.54. The minimum Gasteiger partial charge on any atom is -0.296 e. The van der Waals surface area contributed by atoms with E-state index >= 15 is 0 Å². The highest BCUT2D eigenvalue weighted by Gasteiger charge is 2.20. The number of nitrogens with zero attached hydrogens (tertiary/aromatic N) is 2. The Balaban J connectivity index is 2.24. The van der Waals surface area contributed by atoms with Gasteiger partial charge in [0.25, 0.3) is 0 Å². The Morgan fingerprint density at radius 3 is 3.15 bits per heavy atom. The molecule has 1 atom stereocenters. The van der Waals surface area contributed by atoms with Gasteiger partial charge in [-0.25, -0.2) is 0 Å². The summed E-state index contributed by atoms with van der Waals surface area (Å²) in [5.74, 6) is 1.22. The molecule has 0 saturated carbocycles. The van der Waals surface area contributed by atoms with Crippen molar-refractivity contribution in [1.82, 2.24) is 9.78 Å². The van der Waals surface area contributed by atoms with Crippen LogP contribution >= 0.6 is 11.8 Å². The number of carbonyl (C=O) groups excluding carboxylic acids is 1. The molecular weight excluding hydrogens is 184 g/mol. The second-order valence-corrected chi connectivity index (χ2v) is 4.55. The van der Waals surface area contributed by atoms with Gasteiger partial charge in [0, 0.05) is 12.3 Å². The van der Waals surface area contributed by atoms with Crippen LogP contribution in [0.1, 0.15) is 34.3 Å². The molecule has 1 fully saturated rings. The van der Waals surface area contributed by atoms with Crippen molar-refractivity contribution in [1.29, 1.82) is 0 Å². The van der Waals surface area contributed by atoms with Gasteiger partial charge in [0.2, 0.25) is 0 Å². The zero-order valence-corrected chi connectivity index (χ0v) is 8.38. The van der Waals surface area contributed by atoms with Crippen LogP contribution in [0.25, 0.3) is 0 Å². The number of carbonyl (C=O) groups is 1. The van der Waals surface area contributed by atoms with E-state index in [1.54, 1.807) is 4.68 Å². The van der Waals surface area contributed by atoms with Crippen molar-refractivity contribution >= 4 is 18.0 Å². The summed E-state index contributed by atoms with van der Waals surface area (Å²) in [6, 6.07) is 1.90. The fourth-order valence-electron chi connectivity index (χ4n) is 1.58.